The van der Waals surface area contributed by atoms with Crippen LogP contribution in [0.2, 0.25) is 5.02 Å². The minimum Gasteiger partial charge on any atom is -0.375 e. The minimum atomic E-state index is 0.466. The molecule has 21 heavy (non-hydrogen) atoms. The van der Waals surface area contributed by atoms with Gasteiger partial charge in [0.05, 0.1) is 11.4 Å². The maximum atomic E-state index is 5.85. The van der Waals surface area contributed by atoms with Crippen molar-refractivity contribution in [1.29, 1.82) is 0 Å². The Morgan fingerprint density at radius 1 is 1.29 bits per heavy atom. The first-order chi connectivity index (χ1) is 10.1. The summed E-state index contributed by atoms with van der Waals surface area (Å²) in [6.45, 7) is 1.87. The number of thiazole rings is 1. The number of aryl methyl sites for hydroxylation is 1. The number of anilines is 1. The Morgan fingerprint density at radius 3 is 2.71 bits per heavy atom. The average molecular weight is 339 g/mol. The molecule has 0 radical (unpaired) electrons. The molecule has 0 unspecified atom stereocenters. The zero-order valence-electron chi connectivity index (χ0n) is 11.0. The molecule has 0 spiro atoms. The number of nitrogens with zero attached hydrogens (tertiary/aromatic N) is 3. The highest BCUT2D eigenvalue weighted by Crippen LogP contribution is 2.30. The smallest absolute Gasteiger partial charge is 0.270 e. The van der Waals surface area contributed by atoms with Crippen LogP contribution in [0, 0.1) is 6.92 Å². The standard InChI is InChI=1S/C13H11ClN4OS2/c1-7-11(21-13(15)16-7)12-17-10(18-19-12)6-20-9-4-2-8(14)3-5-9/h2-5H,6H2,1H3,(H2,15,16). The summed E-state index contributed by atoms with van der Waals surface area (Å²) >= 11 is 8.82. The van der Waals surface area contributed by atoms with E-state index in [1.165, 1.54) is 11.3 Å². The van der Waals surface area contributed by atoms with Gasteiger partial charge in [0.1, 0.15) is 4.88 Å². The topological polar surface area (TPSA) is 77.8 Å². The number of benzene rings is 1. The fourth-order valence-corrected chi connectivity index (χ4v) is 3.32. The Labute approximate surface area is 134 Å². The molecule has 3 aromatic rings. The lowest BCUT2D eigenvalue weighted by molar-refractivity contribution is 0.425. The Morgan fingerprint density at radius 2 is 2.05 bits per heavy atom. The van der Waals surface area contributed by atoms with E-state index in [4.69, 9.17) is 21.9 Å². The normalized spacial score (nSPS) is 11.0. The van der Waals surface area contributed by atoms with E-state index in [0.29, 0.717) is 22.6 Å². The molecule has 108 valence electrons. The predicted molar refractivity (Wildman–Crippen MR) is 85.6 cm³/mol. The van der Waals surface area contributed by atoms with E-state index in [2.05, 4.69) is 15.1 Å². The molecular formula is C13H11ClN4OS2. The lowest BCUT2D eigenvalue weighted by Gasteiger charge is -1.97. The van der Waals surface area contributed by atoms with Gasteiger partial charge in [0.25, 0.3) is 5.89 Å². The van der Waals surface area contributed by atoms with Gasteiger partial charge in [-0.3, -0.25) is 0 Å². The molecule has 5 nitrogen and oxygen atoms in total. The van der Waals surface area contributed by atoms with Gasteiger partial charge >= 0.3 is 0 Å². The van der Waals surface area contributed by atoms with Crippen molar-refractivity contribution in [3.63, 3.8) is 0 Å². The summed E-state index contributed by atoms with van der Waals surface area (Å²) < 4.78 is 5.27. The number of thioether (sulfide) groups is 1. The summed E-state index contributed by atoms with van der Waals surface area (Å²) in [6, 6.07) is 7.63. The lowest BCUT2D eigenvalue weighted by Crippen LogP contribution is -1.84. The van der Waals surface area contributed by atoms with Crippen molar-refractivity contribution in [2.75, 3.05) is 5.73 Å². The van der Waals surface area contributed by atoms with Crippen LogP contribution in [-0.4, -0.2) is 15.1 Å². The highest BCUT2D eigenvalue weighted by molar-refractivity contribution is 7.98. The van der Waals surface area contributed by atoms with E-state index < -0.39 is 0 Å². The summed E-state index contributed by atoms with van der Waals surface area (Å²) in [4.78, 5) is 10.4. The third-order valence-corrected chi connectivity index (χ3v) is 4.89. The van der Waals surface area contributed by atoms with Crippen molar-refractivity contribution in [2.45, 2.75) is 17.6 Å². The third-order valence-electron chi connectivity index (χ3n) is 2.66. The zero-order valence-corrected chi connectivity index (χ0v) is 13.4. The van der Waals surface area contributed by atoms with Crippen molar-refractivity contribution < 1.29 is 4.52 Å². The highest BCUT2D eigenvalue weighted by atomic mass is 35.5. The maximum Gasteiger partial charge on any atom is 0.270 e. The van der Waals surface area contributed by atoms with Gasteiger partial charge in [0.2, 0.25) is 0 Å². The zero-order chi connectivity index (χ0) is 14.8. The quantitative estimate of drug-likeness (QED) is 0.723. The third kappa shape index (κ3) is 3.37. The molecule has 2 N–H and O–H groups in total. The van der Waals surface area contributed by atoms with E-state index in [9.17, 15) is 0 Å². The first kappa shape index (κ1) is 14.4. The maximum absolute atomic E-state index is 5.85. The van der Waals surface area contributed by atoms with Gasteiger partial charge in [-0.15, -0.1) is 11.8 Å². The summed E-state index contributed by atoms with van der Waals surface area (Å²) in [5.74, 6) is 1.73. The van der Waals surface area contributed by atoms with Crippen molar-refractivity contribution >= 4 is 39.8 Å². The number of nitrogens with two attached hydrogens (primary N) is 1. The molecule has 8 heteroatoms. The summed E-state index contributed by atoms with van der Waals surface area (Å²) in [5.41, 5.74) is 6.48. The molecule has 0 bridgehead atoms. The molecule has 1 aromatic carbocycles. The molecule has 0 saturated heterocycles. The van der Waals surface area contributed by atoms with Crippen molar-refractivity contribution in [3.8, 4) is 10.8 Å². The minimum absolute atomic E-state index is 0.466. The first-order valence-electron chi connectivity index (χ1n) is 6.06. The summed E-state index contributed by atoms with van der Waals surface area (Å²) in [6.07, 6.45) is 0. The molecule has 0 saturated carbocycles. The lowest BCUT2D eigenvalue weighted by atomic mass is 10.4. The molecule has 2 heterocycles. The molecule has 0 aliphatic carbocycles. The van der Waals surface area contributed by atoms with E-state index >= 15 is 0 Å². The average Bonchev–Trinajstić information content (AvgIpc) is 3.04. The number of rotatable bonds is 4. The Balaban J connectivity index is 1.70. The number of hydrogen-bond donors (Lipinski definition) is 1. The molecule has 2 aromatic heterocycles. The molecule has 3 rings (SSSR count). The fraction of sp³-hybridized carbons (Fsp3) is 0.154. The van der Waals surface area contributed by atoms with Gasteiger partial charge in [0.15, 0.2) is 11.0 Å². The van der Waals surface area contributed by atoms with E-state index in [-0.39, 0.29) is 0 Å². The van der Waals surface area contributed by atoms with Crippen LogP contribution in [0.25, 0.3) is 10.8 Å². The molecule has 0 fully saturated rings. The van der Waals surface area contributed by atoms with Gasteiger partial charge in [0, 0.05) is 9.92 Å². The van der Waals surface area contributed by atoms with E-state index in [1.807, 2.05) is 31.2 Å². The Hall–Kier alpha value is -1.57. The van der Waals surface area contributed by atoms with Crippen LogP contribution in [0.15, 0.2) is 33.7 Å². The second kappa shape index (κ2) is 6.05. The second-order valence-electron chi connectivity index (χ2n) is 4.22. The van der Waals surface area contributed by atoms with Gasteiger partial charge in [-0.25, -0.2) is 4.98 Å². The molecule has 0 amide bonds. The second-order valence-corrected chi connectivity index (χ2v) is 6.74. The predicted octanol–water partition coefficient (Wildman–Crippen LogP) is 4.03. The van der Waals surface area contributed by atoms with Crippen molar-refractivity contribution in [2.24, 2.45) is 0 Å². The number of hydrogen-bond acceptors (Lipinski definition) is 7. The van der Waals surface area contributed by atoms with Gasteiger partial charge in [-0.2, -0.15) is 4.98 Å². The van der Waals surface area contributed by atoms with Gasteiger partial charge in [-0.05, 0) is 31.2 Å². The summed E-state index contributed by atoms with van der Waals surface area (Å²) in [5, 5.41) is 5.20. The Kier molecular flexibility index (Phi) is 4.14. The number of nitrogen functional groups attached to an aromatic ring is 1. The van der Waals surface area contributed by atoms with Gasteiger partial charge in [-0.1, -0.05) is 28.1 Å². The Bertz CT molecular complexity index is 754. The molecule has 0 aliphatic rings. The van der Waals surface area contributed by atoms with Crippen LogP contribution in [-0.2, 0) is 5.75 Å². The van der Waals surface area contributed by atoms with Crippen molar-refractivity contribution in [1.82, 2.24) is 15.1 Å². The van der Waals surface area contributed by atoms with Crippen molar-refractivity contribution in [3.05, 3.63) is 40.8 Å². The van der Waals surface area contributed by atoms with E-state index in [0.717, 1.165) is 20.5 Å². The number of aromatic nitrogens is 3. The van der Waals surface area contributed by atoms with Crippen LogP contribution in [0.4, 0.5) is 5.13 Å². The van der Waals surface area contributed by atoms with Gasteiger partial charge < -0.3 is 10.3 Å². The van der Waals surface area contributed by atoms with Crippen LogP contribution >= 0.6 is 34.7 Å². The largest absolute Gasteiger partial charge is 0.375 e. The molecule has 0 aliphatic heterocycles. The van der Waals surface area contributed by atoms with Crippen LogP contribution in [0.3, 0.4) is 0 Å². The number of halogens is 1. The van der Waals surface area contributed by atoms with Crippen LogP contribution < -0.4 is 5.73 Å². The van der Waals surface area contributed by atoms with E-state index in [1.54, 1.807) is 11.8 Å². The van der Waals surface area contributed by atoms with Crippen LogP contribution in [0.1, 0.15) is 11.5 Å². The summed E-state index contributed by atoms with van der Waals surface area (Å²) in [7, 11) is 0. The highest BCUT2D eigenvalue weighted by Gasteiger charge is 2.15. The first-order valence-corrected chi connectivity index (χ1v) is 8.24. The SMILES string of the molecule is Cc1nc(N)sc1-c1nc(CSc2ccc(Cl)cc2)no1. The monoisotopic (exact) mass is 338 g/mol. The molecule has 0 atom stereocenters. The fourth-order valence-electron chi connectivity index (χ4n) is 1.70. The van der Waals surface area contributed by atoms with Crippen LogP contribution in [0.5, 0.6) is 0 Å². The molecular weight excluding hydrogens is 328 g/mol.